The van der Waals surface area contributed by atoms with Crippen LogP contribution in [0.2, 0.25) is 10.0 Å². The van der Waals surface area contributed by atoms with Gasteiger partial charge in [0.15, 0.2) is 5.82 Å². The second-order valence-electron chi connectivity index (χ2n) is 8.05. The number of rotatable bonds is 2. The number of aromatic nitrogens is 2. The first-order chi connectivity index (χ1) is 12.9. The number of nitrogens with zero attached hydrogens (tertiary/aromatic N) is 3. The fourth-order valence-corrected chi connectivity index (χ4v) is 5.26. The second kappa shape index (κ2) is 7.14. The van der Waals surface area contributed by atoms with Gasteiger partial charge in [-0.1, -0.05) is 55.1 Å². The third-order valence-electron chi connectivity index (χ3n) is 6.66. The maximum Gasteiger partial charge on any atom is 0.255 e. The van der Waals surface area contributed by atoms with Gasteiger partial charge in [-0.25, -0.2) is 9.97 Å². The zero-order valence-corrected chi connectivity index (χ0v) is 17.3. The minimum Gasteiger partial charge on any atom is -0.491 e. The Kier molecular flexibility index (Phi) is 4.98. The van der Waals surface area contributed by atoms with Gasteiger partial charge < -0.3 is 10.0 Å². The highest BCUT2D eigenvalue weighted by atomic mass is 35.5. The van der Waals surface area contributed by atoms with Gasteiger partial charge in [-0.3, -0.25) is 0 Å². The van der Waals surface area contributed by atoms with Crippen LogP contribution in [-0.2, 0) is 0 Å². The van der Waals surface area contributed by atoms with Crippen LogP contribution in [0.25, 0.3) is 11.3 Å². The lowest BCUT2D eigenvalue weighted by atomic mass is 9.71. The third kappa shape index (κ3) is 3.27. The van der Waals surface area contributed by atoms with Crippen molar-refractivity contribution in [1.82, 2.24) is 9.97 Å². The van der Waals surface area contributed by atoms with E-state index in [1.807, 2.05) is 19.1 Å². The Bertz CT molecular complexity index is 863. The van der Waals surface area contributed by atoms with E-state index in [0.29, 0.717) is 32.5 Å². The van der Waals surface area contributed by atoms with Crippen LogP contribution in [0.1, 0.15) is 44.7 Å². The molecule has 27 heavy (non-hydrogen) atoms. The molecule has 1 saturated carbocycles. The Hall–Kier alpha value is -1.52. The van der Waals surface area contributed by atoms with Gasteiger partial charge in [0.2, 0.25) is 0 Å². The Balaban J connectivity index is 1.61. The normalized spacial score (nSPS) is 21.8. The van der Waals surface area contributed by atoms with Crippen molar-refractivity contribution >= 4 is 29.0 Å². The lowest BCUT2D eigenvalue weighted by molar-refractivity contribution is 0.161. The van der Waals surface area contributed by atoms with Crippen LogP contribution in [0.5, 0.6) is 5.88 Å². The smallest absolute Gasteiger partial charge is 0.255 e. The number of aromatic hydroxyl groups is 1. The zero-order chi connectivity index (χ0) is 19.2. The van der Waals surface area contributed by atoms with Crippen molar-refractivity contribution in [1.29, 1.82) is 0 Å². The molecule has 1 atom stereocenters. The van der Waals surface area contributed by atoms with Crippen molar-refractivity contribution in [3.63, 3.8) is 0 Å². The molecule has 1 aliphatic carbocycles. The van der Waals surface area contributed by atoms with Gasteiger partial charge in [0.1, 0.15) is 0 Å². The number of hydrogen-bond donors (Lipinski definition) is 1. The van der Waals surface area contributed by atoms with E-state index in [1.54, 1.807) is 6.07 Å². The van der Waals surface area contributed by atoms with Crippen LogP contribution < -0.4 is 4.90 Å². The summed E-state index contributed by atoms with van der Waals surface area (Å²) in [6.07, 6.45) is 6.36. The van der Waals surface area contributed by atoms with E-state index >= 15 is 0 Å². The Labute approximate surface area is 170 Å². The molecule has 2 aliphatic rings. The highest BCUT2D eigenvalue weighted by Gasteiger charge is 2.42. The zero-order valence-electron chi connectivity index (χ0n) is 15.8. The molecule has 0 amide bonds. The number of aryl methyl sites for hydroxylation is 1. The SMILES string of the molecule is Cc1nc(N2CCC3(CCC[C@H]3C)CC2)c(O)nc1-c1cccc(Cl)c1Cl. The molecule has 2 fully saturated rings. The van der Waals surface area contributed by atoms with E-state index in [9.17, 15) is 5.11 Å². The van der Waals surface area contributed by atoms with Gasteiger partial charge >= 0.3 is 0 Å². The molecule has 2 aromatic rings. The summed E-state index contributed by atoms with van der Waals surface area (Å²) in [5.74, 6) is 1.34. The quantitative estimate of drug-likeness (QED) is 0.678. The minimum absolute atomic E-state index is 0.0398. The van der Waals surface area contributed by atoms with Gasteiger partial charge in [-0.2, -0.15) is 0 Å². The fraction of sp³-hybridized carbons (Fsp3) is 0.524. The summed E-state index contributed by atoms with van der Waals surface area (Å²) in [6, 6.07) is 5.40. The van der Waals surface area contributed by atoms with Gasteiger partial charge in [-0.05, 0) is 43.6 Å². The van der Waals surface area contributed by atoms with Crippen molar-refractivity contribution < 1.29 is 5.11 Å². The summed E-state index contributed by atoms with van der Waals surface area (Å²) in [5.41, 5.74) is 2.49. The van der Waals surface area contributed by atoms with Crippen LogP contribution in [0.4, 0.5) is 5.82 Å². The van der Waals surface area contributed by atoms with Gasteiger partial charge in [0.05, 0.1) is 21.4 Å². The highest BCUT2D eigenvalue weighted by Crippen LogP contribution is 2.51. The minimum atomic E-state index is -0.0398. The Morgan fingerprint density at radius 1 is 1.15 bits per heavy atom. The van der Waals surface area contributed by atoms with E-state index in [4.69, 9.17) is 23.2 Å². The van der Waals surface area contributed by atoms with Crippen LogP contribution in [0.15, 0.2) is 18.2 Å². The molecule has 144 valence electrons. The highest BCUT2D eigenvalue weighted by molar-refractivity contribution is 6.43. The molecule has 1 aromatic heterocycles. The van der Waals surface area contributed by atoms with E-state index in [-0.39, 0.29) is 5.88 Å². The lowest BCUT2D eigenvalue weighted by Crippen LogP contribution is -2.41. The molecule has 1 aliphatic heterocycles. The molecule has 1 saturated heterocycles. The molecular formula is C21H25Cl2N3O. The first-order valence-electron chi connectivity index (χ1n) is 9.68. The average molecular weight is 406 g/mol. The van der Waals surface area contributed by atoms with Crippen molar-refractivity contribution in [2.45, 2.75) is 46.0 Å². The first-order valence-corrected chi connectivity index (χ1v) is 10.4. The lowest BCUT2D eigenvalue weighted by Gasteiger charge is -2.42. The van der Waals surface area contributed by atoms with Crippen molar-refractivity contribution in [3.8, 4) is 17.1 Å². The number of anilines is 1. The fourth-order valence-electron chi connectivity index (χ4n) is 4.87. The Morgan fingerprint density at radius 3 is 2.56 bits per heavy atom. The van der Waals surface area contributed by atoms with Gasteiger partial charge in [0.25, 0.3) is 5.88 Å². The van der Waals surface area contributed by atoms with Crippen molar-refractivity contribution in [2.75, 3.05) is 18.0 Å². The second-order valence-corrected chi connectivity index (χ2v) is 8.83. The maximum absolute atomic E-state index is 10.6. The molecule has 0 unspecified atom stereocenters. The summed E-state index contributed by atoms with van der Waals surface area (Å²) in [5, 5.41) is 11.5. The van der Waals surface area contributed by atoms with Crippen molar-refractivity contribution in [3.05, 3.63) is 33.9 Å². The maximum atomic E-state index is 10.6. The molecule has 6 heteroatoms. The average Bonchev–Trinajstić information content (AvgIpc) is 3.00. The van der Waals surface area contributed by atoms with Crippen LogP contribution >= 0.6 is 23.2 Å². The van der Waals surface area contributed by atoms with E-state index in [1.165, 1.54) is 19.3 Å². The summed E-state index contributed by atoms with van der Waals surface area (Å²) < 4.78 is 0. The summed E-state index contributed by atoms with van der Waals surface area (Å²) in [7, 11) is 0. The molecule has 0 radical (unpaired) electrons. The first kappa shape index (κ1) is 18.8. The molecule has 1 aromatic carbocycles. The molecule has 1 N–H and O–H groups in total. The molecule has 4 rings (SSSR count). The standard InChI is InChI=1S/C21H25Cl2N3O/c1-13-5-4-8-21(13)9-11-26(12-10-21)19-20(27)25-18(14(2)24-19)15-6-3-7-16(22)17(15)23/h3,6-7,13H,4-5,8-12H2,1-2H3,(H,25,27)/t13-/m1/s1. The van der Waals surface area contributed by atoms with Gasteiger partial charge in [0, 0.05) is 18.7 Å². The number of halogens is 2. The van der Waals surface area contributed by atoms with E-state index < -0.39 is 0 Å². The predicted octanol–water partition coefficient (Wildman–Crippen LogP) is 5.87. The molecule has 1 spiro atoms. The molecule has 0 bridgehead atoms. The monoisotopic (exact) mass is 405 g/mol. The summed E-state index contributed by atoms with van der Waals surface area (Å²) in [6.45, 7) is 6.13. The number of hydrogen-bond acceptors (Lipinski definition) is 4. The third-order valence-corrected chi connectivity index (χ3v) is 7.48. The Morgan fingerprint density at radius 2 is 1.89 bits per heavy atom. The van der Waals surface area contributed by atoms with Gasteiger partial charge in [-0.15, -0.1) is 0 Å². The van der Waals surface area contributed by atoms with E-state index in [2.05, 4.69) is 21.8 Å². The topological polar surface area (TPSA) is 49.2 Å². The van der Waals surface area contributed by atoms with Crippen LogP contribution in [-0.4, -0.2) is 28.2 Å². The predicted molar refractivity (Wildman–Crippen MR) is 111 cm³/mol. The van der Waals surface area contributed by atoms with E-state index in [0.717, 1.165) is 37.5 Å². The van der Waals surface area contributed by atoms with Crippen molar-refractivity contribution in [2.24, 2.45) is 11.3 Å². The largest absolute Gasteiger partial charge is 0.491 e. The summed E-state index contributed by atoms with van der Waals surface area (Å²) in [4.78, 5) is 11.3. The number of benzene rings is 1. The molecular weight excluding hydrogens is 381 g/mol. The number of piperidine rings is 1. The molecule has 4 nitrogen and oxygen atoms in total. The summed E-state index contributed by atoms with van der Waals surface area (Å²) >= 11 is 12.5. The molecule has 2 heterocycles. The van der Waals surface area contributed by atoms with Crippen LogP contribution in [0.3, 0.4) is 0 Å². The van der Waals surface area contributed by atoms with Crippen LogP contribution in [0, 0.1) is 18.3 Å².